The van der Waals surface area contributed by atoms with E-state index in [1.54, 1.807) is 17.8 Å². The first-order chi connectivity index (χ1) is 8.20. The zero-order chi connectivity index (χ0) is 12.3. The highest BCUT2D eigenvalue weighted by atomic mass is 35.5. The summed E-state index contributed by atoms with van der Waals surface area (Å²) in [6.45, 7) is 0.534. The van der Waals surface area contributed by atoms with Crippen molar-refractivity contribution in [3.63, 3.8) is 0 Å². The molecule has 5 heteroatoms. The van der Waals surface area contributed by atoms with Gasteiger partial charge in [0.15, 0.2) is 5.82 Å². The maximum absolute atomic E-state index is 12.0. The summed E-state index contributed by atoms with van der Waals surface area (Å²) in [5.74, 6) is 0.276. The highest BCUT2D eigenvalue weighted by Crippen LogP contribution is 2.12. The summed E-state index contributed by atoms with van der Waals surface area (Å²) >= 11 is 5.87. The van der Waals surface area contributed by atoms with Crippen molar-refractivity contribution in [3.05, 3.63) is 45.5 Å². The van der Waals surface area contributed by atoms with Gasteiger partial charge in [0, 0.05) is 13.2 Å². The van der Waals surface area contributed by atoms with Crippen LogP contribution < -0.4 is 10.9 Å². The number of hydrogen-bond acceptors (Lipinski definition) is 3. The van der Waals surface area contributed by atoms with Crippen molar-refractivity contribution in [1.82, 2.24) is 9.55 Å². The third-order valence-electron chi connectivity index (χ3n) is 2.61. The first-order valence-electron chi connectivity index (χ1n) is 5.51. The SMILES string of the molecule is CNc1nc(Cl)cn(CC2=CCCC=C2)c1=O. The highest BCUT2D eigenvalue weighted by Gasteiger charge is 2.07. The molecule has 0 fully saturated rings. The van der Waals surface area contributed by atoms with Crippen molar-refractivity contribution in [1.29, 1.82) is 0 Å². The zero-order valence-electron chi connectivity index (χ0n) is 9.61. The first-order valence-corrected chi connectivity index (χ1v) is 5.89. The predicted molar refractivity (Wildman–Crippen MR) is 69.5 cm³/mol. The summed E-state index contributed by atoms with van der Waals surface area (Å²) in [4.78, 5) is 15.9. The molecule has 17 heavy (non-hydrogen) atoms. The normalized spacial score (nSPS) is 14.6. The maximum atomic E-state index is 12.0. The molecule has 1 heterocycles. The Kier molecular flexibility index (Phi) is 3.64. The molecule has 1 aliphatic carbocycles. The summed E-state index contributed by atoms with van der Waals surface area (Å²) in [6, 6.07) is 0. The number of nitrogens with one attached hydrogen (secondary N) is 1. The van der Waals surface area contributed by atoms with Crippen LogP contribution in [-0.4, -0.2) is 16.6 Å². The molecule has 1 aromatic heterocycles. The van der Waals surface area contributed by atoms with Crippen LogP contribution in [0.4, 0.5) is 5.82 Å². The average molecular weight is 252 g/mol. The second-order valence-electron chi connectivity index (χ2n) is 3.85. The largest absolute Gasteiger partial charge is 0.369 e. The van der Waals surface area contributed by atoms with E-state index in [9.17, 15) is 4.79 Å². The van der Waals surface area contributed by atoms with Crippen LogP contribution in [0.2, 0.25) is 5.15 Å². The van der Waals surface area contributed by atoms with Crippen LogP contribution in [0.25, 0.3) is 0 Å². The molecule has 1 N–H and O–H groups in total. The molecule has 0 saturated heterocycles. The molecule has 0 bridgehead atoms. The number of nitrogens with zero attached hydrogens (tertiary/aromatic N) is 2. The fraction of sp³-hybridized carbons (Fsp3) is 0.333. The summed E-state index contributed by atoms with van der Waals surface area (Å²) in [5.41, 5.74) is 0.972. The fourth-order valence-corrected chi connectivity index (χ4v) is 1.97. The standard InChI is InChI=1S/C12H14ClN3O/c1-14-11-12(17)16(8-10(13)15-11)7-9-5-3-2-4-6-9/h3,5-6,8H,2,4,7H2,1H3,(H,14,15). The van der Waals surface area contributed by atoms with Gasteiger partial charge in [-0.1, -0.05) is 29.8 Å². The van der Waals surface area contributed by atoms with Gasteiger partial charge in [-0.15, -0.1) is 0 Å². The first kappa shape index (κ1) is 11.9. The van der Waals surface area contributed by atoms with Gasteiger partial charge in [-0.3, -0.25) is 4.79 Å². The van der Waals surface area contributed by atoms with E-state index in [-0.39, 0.29) is 11.4 Å². The van der Waals surface area contributed by atoms with E-state index in [4.69, 9.17) is 11.6 Å². The lowest BCUT2D eigenvalue weighted by molar-refractivity contribution is 0.742. The van der Waals surface area contributed by atoms with Gasteiger partial charge in [0.05, 0.1) is 6.54 Å². The molecule has 0 aromatic carbocycles. The lowest BCUT2D eigenvalue weighted by Crippen LogP contribution is -2.24. The van der Waals surface area contributed by atoms with Crippen LogP contribution >= 0.6 is 11.6 Å². The van der Waals surface area contributed by atoms with Crippen molar-refractivity contribution < 1.29 is 0 Å². The minimum absolute atomic E-state index is 0.156. The number of hydrogen-bond donors (Lipinski definition) is 1. The van der Waals surface area contributed by atoms with Crippen molar-refractivity contribution in [2.75, 3.05) is 12.4 Å². The zero-order valence-corrected chi connectivity index (χ0v) is 10.4. The van der Waals surface area contributed by atoms with Crippen molar-refractivity contribution >= 4 is 17.4 Å². The maximum Gasteiger partial charge on any atom is 0.293 e. The van der Waals surface area contributed by atoms with Gasteiger partial charge in [0.1, 0.15) is 5.15 Å². The van der Waals surface area contributed by atoms with Crippen LogP contribution in [-0.2, 0) is 6.54 Å². The number of rotatable bonds is 3. The minimum Gasteiger partial charge on any atom is -0.369 e. The van der Waals surface area contributed by atoms with E-state index in [2.05, 4.69) is 22.5 Å². The Balaban J connectivity index is 2.32. The van der Waals surface area contributed by atoms with Crippen molar-refractivity contribution in [2.24, 2.45) is 0 Å². The van der Waals surface area contributed by atoms with Gasteiger partial charge in [-0.2, -0.15) is 0 Å². The van der Waals surface area contributed by atoms with Gasteiger partial charge in [0.2, 0.25) is 0 Å². The minimum atomic E-state index is -0.156. The molecule has 2 rings (SSSR count). The second kappa shape index (κ2) is 5.19. The molecule has 90 valence electrons. The Morgan fingerprint density at radius 2 is 2.35 bits per heavy atom. The molecule has 0 saturated carbocycles. The van der Waals surface area contributed by atoms with E-state index >= 15 is 0 Å². The van der Waals surface area contributed by atoms with Crippen LogP contribution in [0.3, 0.4) is 0 Å². The topological polar surface area (TPSA) is 46.9 Å². The van der Waals surface area contributed by atoms with Crippen molar-refractivity contribution in [3.8, 4) is 0 Å². The molecular weight excluding hydrogens is 238 g/mol. The number of anilines is 1. The van der Waals surface area contributed by atoms with Gasteiger partial charge < -0.3 is 9.88 Å². The molecule has 0 amide bonds. The summed E-state index contributed by atoms with van der Waals surface area (Å²) in [7, 11) is 1.66. The third-order valence-corrected chi connectivity index (χ3v) is 2.79. The van der Waals surface area contributed by atoms with E-state index in [1.807, 2.05) is 6.08 Å². The van der Waals surface area contributed by atoms with Gasteiger partial charge in [0.25, 0.3) is 5.56 Å². The van der Waals surface area contributed by atoms with E-state index in [0.717, 1.165) is 18.4 Å². The van der Waals surface area contributed by atoms with Crippen LogP contribution in [0.15, 0.2) is 34.8 Å². The van der Waals surface area contributed by atoms with Crippen LogP contribution in [0.5, 0.6) is 0 Å². The molecule has 0 aliphatic heterocycles. The molecule has 0 atom stereocenters. The lowest BCUT2D eigenvalue weighted by atomic mass is 10.1. The quantitative estimate of drug-likeness (QED) is 0.896. The Morgan fingerprint density at radius 1 is 1.53 bits per heavy atom. The Labute approximate surface area is 105 Å². The van der Waals surface area contributed by atoms with Gasteiger partial charge in [-0.05, 0) is 18.4 Å². The number of halogens is 1. The summed E-state index contributed by atoms with van der Waals surface area (Å²) in [6.07, 6.45) is 9.95. The Hall–Kier alpha value is -1.55. The van der Waals surface area contributed by atoms with Crippen LogP contribution in [0.1, 0.15) is 12.8 Å². The van der Waals surface area contributed by atoms with Gasteiger partial charge >= 0.3 is 0 Å². The molecule has 1 aliphatic rings. The fourth-order valence-electron chi connectivity index (χ4n) is 1.77. The predicted octanol–water partition coefficient (Wildman–Crippen LogP) is 2.21. The summed E-state index contributed by atoms with van der Waals surface area (Å²) < 4.78 is 1.57. The molecule has 0 radical (unpaired) electrons. The Bertz CT molecular complexity index is 531. The van der Waals surface area contributed by atoms with Gasteiger partial charge in [-0.25, -0.2) is 4.98 Å². The Morgan fingerprint density at radius 3 is 3.00 bits per heavy atom. The smallest absolute Gasteiger partial charge is 0.293 e. The molecule has 1 aromatic rings. The lowest BCUT2D eigenvalue weighted by Gasteiger charge is -2.11. The second-order valence-corrected chi connectivity index (χ2v) is 4.24. The number of allylic oxidation sites excluding steroid dienone is 4. The molecule has 0 unspecified atom stereocenters. The average Bonchev–Trinajstić information content (AvgIpc) is 2.34. The van der Waals surface area contributed by atoms with E-state index in [0.29, 0.717) is 11.7 Å². The molecular formula is C12H14ClN3O. The highest BCUT2D eigenvalue weighted by molar-refractivity contribution is 6.29. The molecule has 0 spiro atoms. The number of aromatic nitrogens is 2. The third kappa shape index (κ3) is 2.77. The van der Waals surface area contributed by atoms with E-state index in [1.165, 1.54) is 0 Å². The molecule has 4 nitrogen and oxygen atoms in total. The van der Waals surface area contributed by atoms with Crippen LogP contribution in [0, 0.1) is 0 Å². The monoisotopic (exact) mass is 251 g/mol. The van der Waals surface area contributed by atoms with E-state index < -0.39 is 0 Å². The summed E-state index contributed by atoms with van der Waals surface area (Å²) in [5, 5.41) is 3.06. The van der Waals surface area contributed by atoms with Crippen molar-refractivity contribution in [2.45, 2.75) is 19.4 Å².